The number of fused-ring (bicyclic) bond motifs is 2. The van der Waals surface area contributed by atoms with Crippen LogP contribution in [-0.4, -0.2) is 50.8 Å². The van der Waals surface area contributed by atoms with Gasteiger partial charge in [-0.15, -0.1) is 0 Å². The lowest BCUT2D eigenvalue weighted by molar-refractivity contribution is -0.0446. The first-order valence-electron chi connectivity index (χ1n) is 7.51. The van der Waals surface area contributed by atoms with Gasteiger partial charge in [-0.1, -0.05) is 48.6 Å². The molecule has 4 nitrogen and oxygen atoms in total. The van der Waals surface area contributed by atoms with Crippen LogP contribution in [0.5, 0.6) is 0 Å². The molecule has 4 unspecified atom stereocenters. The molecule has 0 N–H and O–H groups in total. The predicted molar refractivity (Wildman–Crippen MR) is 78.0 cm³/mol. The third-order valence-corrected chi connectivity index (χ3v) is 4.40. The highest BCUT2D eigenvalue weighted by atomic mass is 16.6. The Kier molecular flexibility index (Phi) is 3.55. The average molecular weight is 288 g/mol. The molecule has 0 aromatic heterocycles. The largest absolute Gasteiger partial charge is 0.370 e. The molecule has 0 aromatic carbocycles. The Morgan fingerprint density at radius 1 is 0.524 bits per heavy atom. The Morgan fingerprint density at radius 3 is 1.10 bits per heavy atom. The maximum absolute atomic E-state index is 6.05. The van der Waals surface area contributed by atoms with Crippen molar-refractivity contribution in [3.63, 3.8) is 0 Å². The zero-order chi connectivity index (χ0) is 14.1. The molecule has 0 amide bonds. The normalized spacial score (nSPS) is 45.0. The molecule has 4 atom stereocenters. The zero-order valence-electron chi connectivity index (χ0n) is 11.9. The van der Waals surface area contributed by atoms with Crippen LogP contribution in [-0.2, 0) is 18.9 Å². The van der Waals surface area contributed by atoms with Gasteiger partial charge >= 0.3 is 0 Å². The summed E-state index contributed by atoms with van der Waals surface area (Å²) in [5.74, 6) is 0. The average Bonchev–Trinajstić information content (AvgIpc) is 2.84. The van der Waals surface area contributed by atoms with Crippen LogP contribution < -0.4 is 0 Å². The zero-order valence-corrected chi connectivity index (χ0v) is 11.9. The van der Waals surface area contributed by atoms with E-state index in [9.17, 15) is 0 Å². The summed E-state index contributed by atoms with van der Waals surface area (Å²) >= 11 is 0. The lowest BCUT2D eigenvalue weighted by Crippen LogP contribution is -2.39. The van der Waals surface area contributed by atoms with Crippen LogP contribution >= 0.6 is 0 Å². The molecule has 0 bridgehead atoms. The van der Waals surface area contributed by atoms with Crippen LogP contribution in [0.25, 0.3) is 0 Å². The summed E-state index contributed by atoms with van der Waals surface area (Å²) in [5.41, 5.74) is -0.224. The molecule has 21 heavy (non-hydrogen) atoms. The first-order valence-corrected chi connectivity index (χ1v) is 7.51. The maximum atomic E-state index is 6.05. The smallest absolute Gasteiger partial charge is 0.106 e. The number of hydrogen-bond acceptors (Lipinski definition) is 4. The Labute approximate surface area is 124 Å². The molecule has 2 fully saturated rings. The second-order valence-corrected chi connectivity index (χ2v) is 6.14. The molecule has 0 saturated carbocycles. The Hall–Kier alpha value is -1.20. The second kappa shape index (κ2) is 5.54. The molecular formula is C17H20O4. The topological polar surface area (TPSA) is 36.9 Å². The summed E-state index contributed by atoms with van der Waals surface area (Å²) in [6, 6.07) is 0. The molecule has 4 heteroatoms. The van der Waals surface area contributed by atoms with Crippen molar-refractivity contribution in [3.8, 4) is 0 Å². The van der Waals surface area contributed by atoms with E-state index in [2.05, 4.69) is 0 Å². The van der Waals surface area contributed by atoms with Gasteiger partial charge in [0, 0.05) is 0 Å². The van der Waals surface area contributed by atoms with E-state index in [-0.39, 0.29) is 29.8 Å². The summed E-state index contributed by atoms with van der Waals surface area (Å²) in [7, 11) is 0. The fourth-order valence-corrected chi connectivity index (χ4v) is 3.08. The number of allylic oxidation sites excluding steroid dienone is 4. The van der Waals surface area contributed by atoms with Crippen LogP contribution in [0.1, 0.15) is 0 Å². The van der Waals surface area contributed by atoms with Gasteiger partial charge in [0.15, 0.2) is 0 Å². The van der Waals surface area contributed by atoms with Crippen molar-refractivity contribution >= 4 is 0 Å². The summed E-state index contributed by atoms with van der Waals surface area (Å²) in [6.45, 7) is 2.39. The molecular weight excluding hydrogens is 268 g/mol. The van der Waals surface area contributed by atoms with Crippen molar-refractivity contribution in [3.05, 3.63) is 48.6 Å². The molecule has 2 heterocycles. The highest BCUT2D eigenvalue weighted by molar-refractivity contribution is 5.19. The number of hydrogen-bond donors (Lipinski definition) is 0. The molecule has 4 rings (SSSR count). The fraction of sp³-hybridized carbons (Fsp3) is 0.529. The Morgan fingerprint density at radius 2 is 0.810 bits per heavy atom. The first kappa shape index (κ1) is 13.5. The Bertz CT molecular complexity index is 411. The van der Waals surface area contributed by atoms with Crippen LogP contribution in [0.4, 0.5) is 0 Å². The standard InChI is InChI=1S/C17H20O4/c1-2-6-14-13(5-1)18-9-17(10-19-14)11-20-15-7-3-4-8-16(15)21-12-17/h1-8,13-16H,9-12H2. The van der Waals surface area contributed by atoms with Gasteiger partial charge in [-0.2, -0.15) is 0 Å². The first-order chi connectivity index (χ1) is 10.3. The van der Waals surface area contributed by atoms with Crippen molar-refractivity contribution in [2.45, 2.75) is 24.4 Å². The van der Waals surface area contributed by atoms with E-state index in [4.69, 9.17) is 18.9 Å². The summed E-state index contributed by atoms with van der Waals surface area (Å²) < 4.78 is 24.2. The predicted octanol–water partition coefficient (Wildman–Crippen LogP) is 1.79. The van der Waals surface area contributed by atoms with Gasteiger partial charge in [0.25, 0.3) is 0 Å². The van der Waals surface area contributed by atoms with E-state index in [0.29, 0.717) is 26.4 Å². The van der Waals surface area contributed by atoms with E-state index in [1.807, 2.05) is 48.6 Å². The third-order valence-electron chi connectivity index (χ3n) is 4.40. The van der Waals surface area contributed by atoms with E-state index in [1.54, 1.807) is 0 Å². The molecule has 2 saturated heterocycles. The van der Waals surface area contributed by atoms with Gasteiger partial charge in [0.2, 0.25) is 0 Å². The van der Waals surface area contributed by atoms with E-state index < -0.39 is 0 Å². The van der Waals surface area contributed by atoms with Gasteiger partial charge in [-0.05, 0) is 0 Å². The minimum Gasteiger partial charge on any atom is -0.370 e. The third kappa shape index (κ3) is 2.64. The molecule has 0 aromatic rings. The lowest BCUT2D eigenvalue weighted by Gasteiger charge is -2.28. The van der Waals surface area contributed by atoms with Crippen LogP contribution in [0.3, 0.4) is 0 Å². The molecule has 0 radical (unpaired) electrons. The van der Waals surface area contributed by atoms with Gasteiger partial charge in [-0.3, -0.25) is 0 Å². The molecule has 2 aliphatic heterocycles. The van der Waals surface area contributed by atoms with Crippen molar-refractivity contribution in [2.24, 2.45) is 5.41 Å². The van der Waals surface area contributed by atoms with Crippen LogP contribution in [0, 0.1) is 5.41 Å². The second-order valence-electron chi connectivity index (χ2n) is 6.14. The monoisotopic (exact) mass is 288 g/mol. The summed E-state index contributed by atoms with van der Waals surface area (Å²) in [4.78, 5) is 0. The molecule has 1 spiro atoms. The fourth-order valence-electron chi connectivity index (χ4n) is 3.08. The van der Waals surface area contributed by atoms with Crippen molar-refractivity contribution in [1.29, 1.82) is 0 Å². The number of rotatable bonds is 0. The SMILES string of the molecule is C1=CC2OCC3(COC2C=C1)COC1C=CC=CC1OC3. The van der Waals surface area contributed by atoms with Crippen molar-refractivity contribution < 1.29 is 18.9 Å². The van der Waals surface area contributed by atoms with Gasteiger partial charge < -0.3 is 18.9 Å². The number of ether oxygens (including phenoxy) is 4. The van der Waals surface area contributed by atoms with Crippen molar-refractivity contribution in [2.75, 3.05) is 26.4 Å². The molecule has 4 aliphatic rings. The molecule has 2 aliphatic carbocycles. The lowest BCUT2D eigenvalue weighted by atomic mass is 9.92. The van der Waals surface area contributed by atoms with Crippen LogP contribution in [0.2, 0.25) is 0 Å². The minimum atomic E-state index is -0.224. The molecule has 112 valence electrons. The Balaban J connectivity index is 1.49. The van der Waals surface area contributed by atoms with Crippen molar-refractivity contribution in [1.82, 2.24) is 0 Å². The minimum absolute atomic E-state index is 0.000280. The highest BCUT2D eigenvalue weighted by Gasteiger charge is 2.42. The maximum Gasteiger partial charge on any atom is 0.106 e. The van der Waals surface area contributed by atoms with E-state index >= 15 is 0 Å². The van der Waals surface area contributed by atoms with E-state index in [0.717, 1.165) is 0 Å². The summed E-state index contributed by atoms with van der Waals surface area (Å²) in [5, 5.41) is 0. The van der Waals surface area contributed by atoms with Gasteiger partial charge in [-0.25, -0.2) is 0 Å². The van der Waals surface area contributed by atoms with Crippen LogP contribution in [0.15, 0.2) is 48.6 Å². The summed E-state index contributed by atoms with van der Waals surface area (Å²) in [6.07, 6.45) is 16.2. The van der Waals surface area contributed by atoms with Gasteiger partial charge in [0.05, 0.1) is 31.8 Å². The quantitative estimate of drug-likeness (QED) is 0.681. The van der Waals surface area contributed by atoms with Gasteiger partial charge in [0.1, 0.15) is 24.4 Å². The van der Waals surface area contributed by atoms with E-state index in [1.165, 1.54) is 0 Å². The highest BCUT2D eigenvalue weighted by Crippen LogP contribution is 2.32.